The van der Waals surface area contributed by atoms with E-state index >= 15 is 0 Å². The second kappa shape index (κ2) is 7.85. The Bertz CT molecular complexity index is 583. The zero-order chi connectivity index (χ0) is 17.7. The second-order valence-corrected chi connectivity index (χ2v) is 6.64. The maximum Gasteiger partial charge on any atom is 0.264 e. The first kappa shape index (κ1) is 18.5. The number of benzene rings is 1. The summed E-state index contributed by atoms with van der Waals surface area (Å²) in [7, 11) is 0. The molecule has 6 nitrogen and oxygen atoms in total. The standard InChI is InChI=1S/C17H23ClN2O4/c1-12(15(21)20-8-10-23-11-9-20)19-16(22)17(2,3)24-14-6-4-13(18)5-7-14/h4-7,12H,8-11H2,1-3H3,(H,19,22). The molecule has 1 aromatic carbocycles. The highest BCUT2D eigenvalue weighted by Crippen LogP contribution is 2.21. The van der Waals surface area contributed by atoms with Crippen molar-refractivity contribution in [2.75, 3.05) is 26.3 Å². The van der Waals surface area contributed by atoms with E-state index in [0.29, 0.717) is 37.1 Å². The first-order valence-electron chi connectivity index (χ1n) is 7.91. The molecule has 1 atom stereocenters. The third-order valence-electron chi connectivity index (χ3n) is 3.77. The zero-order valence-electron chi connectivity index (χ0n) is 14.2. The summed E-state index contributed by atoms with van der Waals surface area (Å²) in [5, 5.41) is 3.32. The maximum atomic E-state index is 12.5. The molecule has 0 aromatic heterocycles. The predicted molar refractivity (Wildman–Crippen MR) is 91.2 cm³/mol. The van der Waals surface area contributed by atoms with E-state index in [-0.39, 0.29) is 11.8 Å². The molecule has 0 saturated carbocycles. The third-order valence-corrected chi connectivity index (χ3v) is 4.03. The van der Waals surface area contributed by atoms with Crippen LogP contribution < -0.4 is 10.1 Å². The van der Waals surface area contributed by atoms with Gasteiger partial charge in [-0.3, -0.25) is 9.59 Å². The van der Waals surface area contributed by atoms with E-state index < -0.39 is 11.6 Å². The summed E-state index contributed by atoms with van der Waals surface area (Å²) in [6.07, 6.45) is 0. The minimum absolute atomic E-state index is 0.117. The Labute approximate surface area is 147 Å². The van der Waals surface area contributed by atoms with E-state index in [4.69, 9.17) is 21.1 Å². The van der Waals surface area contributed by atoms with Gasteiger partial charge in [-0.15, -0.1) is 0 Å². The molecule has 1 aliphatic rings. The summed E-state index contributed by atoms with van der Waals surface area (Å²) in [5.41, 5.74) is -1.12. The van der Waals surface area contributed by atoms with Crippen molar-refractivity contribution < 1.29 is 19.1 Å². The molecular formula is C17H23ClN2O4. The Kier molecular flexibility index (Phi) is 6.07. The van der Waals surface area contributed by atoms with Crippen molar-refractivity contribution in [3.05, 3.63) is 29.3 Å². The van der Waals surface area contributed by atoms with Crippen molar-refractivity contribution in [1.82, 2.24) is 10.2 Å². The summed E-state index contributed by atoms with van der Waals surface area (Å²) < 4.78 is 11.0. The van der Waals surface area contributed by atoms with Gasteiger partial charge in [-0.25, -0.2) is 0 Å². The molecule has 2 amide bonds. The monoisotopic (exact) mass is 354 g/mol. The summed E-state index contributed by atoms with van der Waals surface area (Å²) in [6.45, 7) is 7.13. The lowest BCUT2D eigenvalue weighted by atomic mass is 10.1. The molecule has 1 saturated heterocycles. The lowest BCUT2D eigenvalue weighted by Gasteiger charge is -2.31. The second-order valence-electron chi connectivity index (χ2n) is 6.20. The number of morpholine rings is 1. The van der Waals surface area contributed by atoms with Gasteiger partial charge in [0, 0.05) is 18.1 Å². The number of ether oxygens (including phenoxy) is 2. The van der Waals surface area contributed by atoms with Gasteiger partial charge in [0.05, 0.1) is 13.2 Å². The molecule has 0 aliphatic carbocycles. The van der Waals surface area contributed by atoms with Gasteiger partial charge in [-0.05, 0) is 45.0 Å². The fraction of sp³-hybridized carbons (Fsp3) is 0.529. The number of hydrogen-bond donors (Lipinski definition) is 1. The van der Waals surface area contributed by atoms with Gasteiger partial charge < -0.3 is 19.7 Å². The number of nitrogens with one attached hydrogen (secondary N) is 1. The van der Waals surface area contributed by atoms with Gasteiger partial charge in [0.25, 0.3) is 5.91 Å². The van der Waals surface area contributed by atoms with Crippen molar-refractivity contribution in [3.8, 4) is 5.75 Å². The molecule has 1 aromatic rings. The Morgan fingerprint density at radius 1 is 1.25 bits per heavy atom. The van der Waals surface area contributed by atoms with E-state index in [1.807, 2.05) is 0 Å². The Morgan fingerprint density at radius 2 is 1.83 bits per heavy atom. The van der Waals surface area contributed by atoms with Crippen LogP contribution in [-0.4, -0.2) is 54.7 Å². The van der Waals surface area contributed by atoms with Gasteiger partial charge in [0.15, 0.2) is 5.60 Å². The number of carbonyl (C=O) groups is 2. The fourth-order valence-electron chi connectivity index (χ4n) is 2.33. The quantitative estimate of drug-likeness (QED) is 0.876. The van der Waals surface area contributed by atoms with Crippen molar-refractivity contribution in [3.63, 3.8) is 0 Å². The van der Waals surface area contributed by atoms with Crippen LogP contribution in [0.2, 0.25) is 5.02 Å². The van der Waals surface area contributed by atoms with E-state index in [1.165, 1.54) is 0 Å². The van der Waals surface area contributed by atoms with Crippen LogP contribution in [-0.2, 0) is 14.3 Å². The summed E-state index contributed by atoms with van der Waals surface area (Å²) in [4.78, 5) is 26.5. The normalized spacial score (nSPS) is 16.4. The van der Waals surface area contributed by atoms with Gasteiger partial charge in [0.2, 0.25) is 5.91 Å². The number of hydrogen-bond acceptors (Lipinski definition) is 4. The smallest absolute Gasteiger partial charge is 0.264 e. The van der Waals surface area contributed by atoms with Crippen molar-refractivity contribution in [2.45, 2.75) is 32.4 Å². The molecule has 0 bridgehead atoms. The van der Waals surface area contributed by atoms with E-state index in [1.54, 1.807) is 49.9 Å². The van der Waals surface area contributed by atoms with Gasteiger partial charge >= 0.3 is 0 Å². The first-order valence-corrected chi connectivity index (χ1v) is 8.29. The van der Waals surface area contributed by atoms with Crippen LogP contribution in [0.4, 0.5) is 0 Å². The number of rotatable bonds is 5. The number of amides is 2. The highest BCUT2D eigenvalue weighted by molar-refractivity contribution is 6.30. The largest absolute Gasteiger partial charge is 0.478 e. The molecule has 0 radical (unpaired) electrons. The topological polar surface area (TPSA) is 67.9 Å². The van der Waals surface area contributed by atoms with Crippen LogP contribution in [0.15, 0.2) is 24.3 Å². The van der Waals surface area contributed by atoms with Crippen LogP contribution in [0.1, 0.15) is 20.8 Å². The molecule has 0 spiro atoms. The van der Waals surface area contributed by atoms with E-state index in [9.17, 15) is 9.59 Å². The minimum atomic E-state index is -1.12. The lowest BCUT2D eigenvalue weighted by molar-refractivity contribution is -0.143. The Morgan fingerprint density at radius 3 is 2.42 bits per heavy atom. The maximum absolute atomic E-state index is 12.5. The number of halogens is 1. The fourth-order valence-corrected chi connectivity index (χ4v) is 2.46. The molecule has 1 N–H and O–H groups in total. The molecule has 1 heterocycles. The first-order chi connectivity index (χ1) is 11.3. The molecule has 2 rings (SSSR count). The van der Waals surface area contributed by atoms with E-state index in [2.05, 4.69) is 5.32 Å². The molecule has 1 aliphatic heterocycles. The van der Waals surface area contributed by atoms with Crippen molar-refractivity contribution in [1.29, 1.82) is 0 Å². The van der Waals surface area contributed by atoms with Gasteiger partial charge in [-0.2, -0.15) is 0 Å². The number of carbonyl (C=O) groups excluding carboxylic acids is 2. The molecule has 1 fully saturated rings. The van der Waals surface area contributed by atoms with Crippen LogP contribution in [0.3, 0.4) is 0 Å². The van der Waals surface area contributed by atoms with E-state index in [0.717, 1.165) is 0 Å². The molecule has 7 heteroatoms. The SMILES string of the molecule is CC(NC(=O)C(C)(C)Oc1ccc(Cl)cc1)C(=O)N1CCOCC1. The van der Waals surface area contributed by atoms with Crippen LogP contribution in [0.5, 0.6) is 5.75 Å². The zero-order valence-corrected chi connectivity index (χ0v) is 14.9. The highest BCUT2D eigenvalue weighted by Gasteiger charge is 2.33. The van der Waals surface area contributed by atoms with Gasteiger partial charge in [0.1, 0.15) is 11.8 Å². The number of nitrogens with zero attached hydrogens (tertiary/aromatic N) is 1. The Hall–Kier alpha value is -1.79. The molecule has 132 valence electrons. The summed E-state index contributed by atoms with van der Waals surface area (Å²) >= 11 is 5.84. The van der Waals surface area contributed by atoms with Crippen LogP contribution in [0, 0.1) is 0 Å². The van der Waals surface area contributed by atoms with Crippen molar-refractivity contribution in [2.24, 2.45) is 0 Å². The average Bonchev–Trinajstić information content (AvgIpc) is 2.56. The van der Waals surface area contributed by atoms with Crippen LogP contribution in [0.25, 0.3) is 0 Å². The molecular weight excluding hydrogens is 332 g/mol. The van der Waals surface area contributed by atoms with Gasteiger partial charge in [-0.1, -0.05) is 11.6 Å². The summed E-state index contributed by atoms with van der Waals surface area (Å²) in [6, 6.07) is 6.15. The molecule has 1 unspecified atom stereocenters. The van der Waals surface area contributed by atoms with Crippen LogP contribution >= 0.6 is 11.6 Å². The Balaban J connectivity index is 1.93. The lowest BCUT2D eigenvalue weighted by Crippen LogP contribution is -2.55. The average molecular weight is 355 g/mol. The molecule has 24 heavy (non-hydrogen) atoms. The predicted octanol–water partition coefficient (Wildman–Crippen LogP) is 1.86. The third kappa shape index (κ3) is 4.85. The van der Waals surface area contributed by atoms with Crippen molar-refractivity contribution >= 4 is 23.4 Å². The minimum Gasteiger partial charge on any atom is -0.478 e. The highest BCUT2D eigenvalue weighted by atomic mass is 35.5. The summed E-state index contributed by atoms with van der Waals surface area (Å²) in [5.74, 6) is 0.0622.